The predicted octanol–water partition coefficient (Wildman–Crippen LogP) is 1.07. The predicted molar refractivity (Wildman–Crippen MR) is 60.1 cm³/mol. The van der Waals surface area contributed by atoms with E-state index in [-0.39, 0.29) is 11.8 Å². The monoisotopic (exact) mass is 221 g/mol. The number of rotatable bonds is 4. The number of nitrogens with two attached hydrogens (primary N) is 1. The SMILES string of the molecule is CC(=O)Oc1ccc(C[C@H](N)C(C)=O)cc1. The Labute approximate surface area is 94.4 Å². The van der Waals surface area contributed by atoms with Crippen molar-refractivity contribution in [2.24, 2.45) is 5.73 Å². The van der Waals surface area contributed by atoms with Crippen molar-refractivity contribution in [2.45, 2.75) is 26.3 Å². The summed E-state index contributed by atoms with van der Waals surface area (Å²) >= 11 is 0. The normalized spacial score (nSPS) is 11.9. The zero-order valence-electron chi connectivity index (χ0n) is 9.40. The zero-order valence-corrected chi connectivity index (χ0v) is 9.40. The number of carbonyl (C=O) groups excluding carboxylic acids is 2. The highest BCUT2D eigenvalue weighted by Crippen LogP contribution is 2.13. The lowest BCUT2D eigenvalue weighted by Gasteiger charge is -2.08. The van der Waals surface area contributed by atoms with Gasteiger partial charge in [-0.2, -0.15) is 0 Å². The van der Waals surface area contributed by atoms with Crippen LogP contribution in [0.2, 0.25) is 0 Å². The van der Waals surface area contributed by atoms with Gasteiger partial charge in [0.2, 0.25) is 0 Å². The van der Waals surface area contributed by atoms with Gasteiger partial charge in [0, 0.05) is 6.92 Å². The van der Waals surface area contributed by atoms with Crippen LogP contribution in [0.3, 0.4) is 0 Å². The molecule has 1 atom stereocenters. The van der Waals surface area contributed by atoms with E-state index in [0.717, 1.165) is 5.56 Å². The van der Waals surface area contributed by atoms with Gasteiger partial charge in [0.05, 0.1) is 6.04 Å². The maximum atomic E-state index is 11.0. The van der Waals surface area contributed by atoms with E-state index in [1.54, 1.807) is 24.3 Å². The van der Waals surface area contributed by atoms with Crippen molar-refractivity contribution in [1.29, 1.82) is 0 Å². The Kier molecular flexibility index (Phi) is 4.19. The maximum absolute atomic E-state index is 11.0. The molecular weight excluding hydrogens is 206 g/mol. The number of carbonyl (C=O) groups is 2. The summed E-state index contributed by atoms with van der Waals surface area (Å²) < 4.78 is 4.88. The first-order valence-corrected chi connectivity index (χ1v) is 5.02. The number of hydrogen-bond donors (Lipinski definition) is 1. The second kappa shape index (κ2) is 5.42. The van der Waals surface area contributed by atoms with Gasteiger partial charge in [-0.3, -0.25) is 9.59 Å². The van der Waals surface area contributed by atoms with Gasteiger partial charge in [0.15, 0.2) is 0 Å². The molecule has 0 spiro atoms. The smallest absolute Gasteiger partial charge is 0.308 e. The van der Waals surface area contributed by atoms with Crippen molar-refractivity contribution < 1.29 is 14.3 Å². The Morgan fingerprint density at radius 1 is 1.25 bits per heavy atom. The molecule has 0 aliphatic carbocycles. The van der Waals surface area contributed by atoms with E-state index in [4.69, 9.17) is 10.5 Å². The van der Waals surface area contributed by atoms with E-state index in [9.17, 15) is 9.59 Å². The summed E-state index contributed by atoms with van der Waals surface area (Å²) in [6.07, 6.45) is 0.496. The van der Waals surface area contributed by atoms with Crippen molar-refractivity contribution in [3.63, 3.8) is 0 Å². The summed E-state index contributed by atoms with van der Waals surface area (Å²) in [6.45, 7) is 2.82. The van der Waals surface area contributed by atoms with E-state index in [0.29, 0.717) is 12.2 Å². The Hall–Kier alpha value is -1.68. The lowest BCUT2D eigenvalue weighted by atomic mass is 10.0. The molecule has 0 unspecified atom stereocenters. The molecule has 1 aromatic carbocycles. The molecule has 0 heterocycles. The molecule has 0 fully saturated rings. The summed E-state index contributed by atoms with van der Waals surface area (Å²) in [5.74, 6) is 0.102. The second-order valence-corrected chi connectivity index (χ2v) is 3.66. The molecule has 4 heteroatoms. The van der Waals surface area contributed by atoms with Crippen LogP contribution in [0.15, 0.2) is 24.3 Å². The largest absolute Gasteiger partial charge is 0.427 e. The Balaban J connectivity index is 2.64. The average molecular weight is 221 g/mol. The summed E-state index contributed by atoms with van der Waals surface area (Å²) in [5, 5.41) is 0. The summed E-state index contributed by atoms with van der Waals surface area (Å²) in [5.41, 5.74) is 6.58. The van der Waals surface area contributed by atoms with Gasteiger partial charge >= 0.3 is 5.97 Å². The van der Waals surface area contributed by atoms with Gasteiger partial charge in [-0.25, -0.2) is 0 Å². The number of ether oxygens (including phenoxy) is 1. The van der Waals surface area contributed by atoms with Crippen LogP contribution in [0, 0.1) is 0 Å². The second-order valence-electron chi connectivity index (χ2n) is 3.66. The minimum atomic E-state index is -0.473. The molecule has 16 heavy (non-hydrogen) atoms. The lowest BCUT2D eigenvalue weighted by molar-refractivity contribution is -0.131. The van der Waals surface area contributed by atoms with Crippen molar-refractivity contribution in [2.75, 3.05) is 0 Å². The van der Waals surface area contributed by atoms with Gasteiger partial charge in [-0.05, 0) is 31.0 Å². The van der Waals surface area contributed by atoms with Crippen molar-refractivity contribution in [1.82, 2.24) is 0 Å². The quantitative estimate of drug-likeness (QED) is 0.610. The molecule has 0 aliphatic heterocycles. The first-order chi connectivity index (χ1) is 7.49. The fraction of sp³-hybridized carbons (Fsp3) is 0.333. The van der Waals surface area contributed by atoms with E-state index in [1.165, 1.54) is 13.8 Å². The van der Waals surface area contributed by atoms with Gasteiger partial charge in [0.1, 0.15) is 11.5 Å². The van der Waals surface area contributed by atoms with E-state index in [1.807, 2.05) is 0 Å². The topological polar surface area (TPSA) is 69.4 Å². The number of benzene rings is 1. The highest BCUT2D eigenvalue weighted by Gasteiger charge is 2.08. The van der Waals surface area contributed by atoms with Crippen LogP contribution in [-0.2, 0) is 16.0 Å². The molecule has 0 aliphatic rings. The molecule has 0 saturated heterocycles. The third-order valence-corrected chi connectivity index (χ3v) is 2.16. The van der Waals surface area contributed by atoms with Gasteiger partial charge < -0.3 is 10.5 Å². The van der Waals surface area contributed by atoms with Gasteiger partial charge in [-0.15, -0.1) is 0 Å². The Bertz CT molecular complexity index is 384. The van der Waals surface area contributed by atoms with Crippen LogP contribution in [-0.4, -0.2) is 17.8 Å². The standard InChI is InChI=1S/C12H15NO3/c1-8(14)12(13)7-10-3-5-11(6-4-10)16-9(2)15/h3-6,12H,7,13H2,1-2H3/t12-/m0/s1. The lowest BCUT2D eigenvalue weighted by Crippen LogP contribution is -2.30. The molecule has 1 rings (SSSR count). The van der Waals surface area contributed by atoms with Crippen molar-refractivity contribution in [3.05, 3.63) is 29.8 Å². The zero-order chi connectivity index (χ0) is 12.1. The fourth-order valence-corrected chi connectivity index (χ4v) is 1.26. The number of Topliss-reactive ketones (excluding diaryl/α,β-unsaturated/α-hetero) is 1. The van der Waals surface area contributed by atoms with Crippen LogP contribution in [0.25, 0.3) is 0 Å². The molecule has 4 nitrogen and oxygen atoms in total. The van der Waals surface area contributed by atoms with E-state index in [2.05, 4.69) is 0 Å². The fourth-order valence-electron chi connectivity index (χ4n) is 1.26. The minimum absolute atomic E-state index is 0.0379. The Morgan fingerprint density at radius 3 is 2.25 bits per heavy atom. The van der Waals surface area contributed by atoms with Crippen LogP contribution in [0.5, 0.6) is 5.75 Å². The summed E-state index contributed by atoms with van der Waals surface area (Å²) in [6, 6.07) is 6.48. The molecule has 0 amide bonds. The highest BCUT2D eigenvalue weighted by molar-refractivity contribution is 5.81. The highest BCUT2D eigenvalue weighted by atomic mass is 16.5. The molecule has 0 saturated carbocycles. The third-order valence-electron chi connectivity index (χ3n) is 2.16. The first-order valence-electron chi connectivity index (χ1n) is 5.02. The van der Waals surface area contributed by atoms with Crippen molar-refractivity contribution in [3.8, 4) is 5.75 Å². The van der Waals surface area contributed by atoms with Gasteiger partial charge in [-0.1, -0.05) is 12.1 Å². The maximum Gasteiger partial charge on any atom is 0.308 e. The molecular formula is C12H15NO3. The number of esters is 1. The molecule has 2 N–H and O–H groups in total. The minimum Gasteiger partial charge on any atom is -0.427 e. The van der Waals surface area contributed by atoms with Gasteiger partial charge in [0.25, 0.3) is 0 Å². The van der Waals surface area contributed by atoms with Crippen molar-refractivity contribution >= 4 is 11.8 Å². The number of hydrogen-bond acceptors (Lipinski definition) is 4. The van der Waals surface area contributed by atoms with E-state index >= 15 is 0 Å². The average Bonchev–Trinajstić information content (AvgIpc) is 2.20. The van der Waals surface area contributed by atoms with Crippen LogP contribution in [0.1, 0.15) is 19.4 Å². The van der Waals surface area contributed by atoms with Crippen LogP contribution < -0.4 is 10.5 Å². The Morgan fingerprint density at radius 2 is 1.81 bits per heavy atom. The number of ketones is 1. The summed E-state index contributed by atoms with van der Waals surface area (Å²) in [4.78, 5) is 21.6. The molecule has 0 aromatic heterocycles. The third kappa shape index (κ3) is 3.82. The molecule has 0 radical (unpaired) electrons. The molecule has 0 bridgehead atoms. The van der Waals surface area contributed by atoms with E-state index < -0.39 is 6.04 Å². The summed E-state index contributed by atoms with van der Waals surface area (Å²) in [7, 11) is 0. The molecule has 86 valence electrons. The first kappa shape index (κ1) is 12.4. The molecule has 1 aromatic rings. The van der Waals surface area contributed by atoms with Crippen LogP contribution in [0.4, 0.5) is 0 Å². The van der Waals surface area contributed by atoms with Crippen LogP contribution >= 0.6 is 0 Å².